The van der Waals surface area contributed by atoms with Crippen LogP contribution in [0.2, 0.25) is 0 Å². The standard InChI is InChI=1S/C16H18F2O/c17-16(18)14(9-11-3-1-2-4-11)12-5-6-15-13(10-12)7-8-19-15/h5-8,10-11,14,16H,1-4,9H2. The van der Waals surface area contributed by atoms with Crippen molar-refractivity contribution in [3.8, 4) is 0 Å². The van der Waals surface area contributed by atoms with E-state index in [1.54, 1.807) is 18.4 Å². The van der Waals surface area contributed by atoms with Gasteiger partial charge in [-0.3, -0.25) is 0 Å². The molecule has 1 fully saturated rings. The molecule has 1 aliphatic carbocycles. The highest BCUT2D eigenvalue weighted by Gasteiger charge is 2.27. The Hall–Kier alpha value is -1.38. The summed E-state index contributed by atoms with van der Waals surface area (Å²) in [5, 5.41) is 0.912. The first-order valence-corrected chi connectivity index (χ1v) is 6.99. The summed E-state index contributed by atoms with van der Waals surface area (Å²) >= 11 is 0. The van der Waals surface area contributed by atoms with Gasteiger partial charge >= 0.3 is 0 Å². The summed E-state index contributed by atoms with van der Waals surface area (Å²) in [6.45, 7) is 0. The van der Waals surface area contributed by atoms with Gasteiger partial charge in [-0.15, -0.1) is 0 Å². The molecule has 0 radical (unpaired) electrons. The van der Waals surface area contributed by atoms with Crippen molar-refractivity contribution in [2.75, 3.05) is 0 Å². The Balaban J connectivity index is 1.85. The van der Waals surface area contributed by atoms with E-state index in [2.05, 4.69) is 0 Å². The highest BCUT2D eigenvalue weighted by atomic mass is 19.3. The van der Waals surface area contributed by atoms with Crippen molar-refractivity contribution in [2.45, 2.75) is 44.4 Å². The van der Waals surface area contributed by atoms with E-state index in [1.807, 2.05) is 12.1 Å². The molecule has 0 aliphatic heterocycles. The van der Waals surface area contributed by atoms with E-state index in [4.69, 9.17) is 4.42 Å². The fourth-order valence-electron chi connectivity index (χ4n) is 3.21. The summed E-state index contributed by atoms with van der Waals surface area (Å²) in [5.41, 5.74) is 1.51. The van der Waals surface area contributed by atoms with Gasteiger partial charge in [-0.1, -0.05) is 31.7 Å². The number of furan rings is 1. The van der Waals surface area contributed by atoms with Gasteiger partial charge in [0.05, 0.1) is 6.26 Å². The van der Waals surface area contributed by atoms with Crippen molar-refractivity contribution in [2.24, 2.45) is 5.92 Å². The molecular formula is C16H18F2O. The highest BCUT2D eigenvalue weighted by Crippen LogP contribution is 2.37. The molecule has 0 saturated heterocycles. The van der Waals surface area contributed by atoms with Crippen LogP contribution in [0.1, 0.15) is 43.6 Å². The lowest BCUT2D eigenvalue weighted by atomic mass is 9.88. The second-order valence-corrected chi connectivity index (χ2v) is 5.54. The Kier molecular flexibility index (Phi) is 3.54. The quantitative estimate of drug-likeness (QED) is 0.724. The maximum absolute atomic E-state index is 13.3. The van der Waals surface area contributed by atoms with Crippen LogP contribution in [0.15, 0.2) is 34.9 Å². The number of hydrogen-bond acceptors (Lipinski definition) is 1. The van der Waals surface area contributed by atoms with Crippen LogP contribution in [0.4, 0.5) is 8.78 Å². The summed E-state index contributed by atoms with van der Waals surface area (Å²) < 4.78 is 31.9. The molecule has 0 amide bonds. The van der Waals surface area contributed by atoms with Gasteiger partial charge in [-0.25, -0.2) is 8.78 Å². The van der Waals surface area contributed by atoms with Crippen LogP contribution in [0.5, 0.6) is 0 Å². The molecule has 1 saturated carbocycles. The number of hydrogen-bond donors (Lipinski definition) is 0. The molecule has 1 unspecified atom stereocenters. The lowest BCUT2D eigenvalue weighted by Crippen LogP contribution is -2.13. The first-order valence-electron chi connectivity index (χ1n) is 6.99. The second-order valence-electron chi connectivity index (χ2n) is 5.54. The van der Waals surface area contributed by atoms with Crippen molar-refractivity contribution in [1.29, 1.82) is 0 Å². The first-order chi connectivity index (χ1) is 9.24. The number of alkyl halides is 2. The molecule has 0 N–H and O–H groups in total. The van der Waals surface area contributed by atoms with Gasteiger partial charge in [-0.2, -0.15) is 0 Å². The minimum absolute atomic E-state index is 0.471. The molecule has 19 heavy (non-hydrogen) atoms. The van der Waals surface area contributed by atoms with Crippen LogP contribution in [0.3, 0.4) is 0 Å². The molecule has 1 aromatic carbocycles. The summed E-state index contributed by atoms with van der Waals surface area (Å²) in [6, 6.07) is 7.27. The predicted octanol–water partition coefficient (Wildman–Crippen LogP) is 5.36. The number of rotatable bonds is 4. The smallest absolute Gasteiger partial charge is 0.245 e. The zero-order chi connectivity index (χ0) is 13.2. The molecular weight excluding hydrogens is 246 g/mol. The molecule has 0 spiro atoms. The van der Waals surface area contributed by atoms with Gasteiger partial charge in [0.1, 0.15) is 5.58 Å². The zero-order valence-electron chi connectivity index (χ0n) is 10.8. The third-order valence-electron chi connectivity index (χ3n) is 4.27. The molecule has 2 aromatic rings. The van der Waals surface area contributed by atoms with E-state index < -0.39 is 12.3 Å². The monoisotopic (exact) mass is 264 g/mol. The summed E-state index contributed by atoms with van der Waals surface area (Å²) in [4.78, 5) is 0. The molecule has 0 bridgehead atoms. The van der Waals surface area contributed by atoms with Gasteiger partial charge in [0.2, 0.25) is 6.43 Å². The second kappa shape index (κ2) is 5.32. The summed E-state index contributed by atoms with van der Waals surface area (Å²) in [7, 11) is 0. The average molecular weight is 264 g/mol. The van der Waals surface area contributed by atoms with Crippen molar-refractivity contribution in [3.63, 3.8) is 0 Å². The third-order valence-corrected chi connectivity index (χ3v) is 4.27. The topological polar surface area (TPSA) is 13.1 Å². The third kappa shape index (κ3) is 2.65. The normalized spacial score (nSPS) is 18.5. The van der Waals surface area contributed by atoms with Gasteiger partial charge < -0.3 is 4.42 Å². The molecule has 102 valence electrons. The van der Waals surface area contributed by atoms with E-state index >= 15 is 0 Å². The van der Waals surface area contributed by atoms with Crippen LogP contribution in [-0.4, -0.2) is 6.43 Å². The lowest BCUT2D eigenvalue weighted by molar-refractivity contribution is 0.102. The maximum Gasteiger partial charge on any atom is 0.245 e. The molecule has 3 rings (SSSR count). The zero-order valence-corrected chi connectivity index (χ0v) is 10.8. The van der Waals surface area contributed by atoms with E-state index in [-0.39, 0.29) is 0 Å². The van der Waals surface area contributed by atoms with Crippen molar-refractivity contribution in [1.82, 2.24) is 0 Å². The van der Waals surface area contributed by atoms with Crippen LogP contribution in [0, 0.1) is 5.92 Å². The Morgan fingerprint density at radius 3 is 2.68 bits per heavy atom. The Morgan fingerprint density at radius 1 is 1.16 bits per heavy atom. The Morgan fingerprint density at radius 2 is 1.95 bits per heavy atom. The maximum atomic E-state index is 13.3. The lowest BCUT2D eigenvalue weighted by Gasteiger charge is -2.20. The van der Waals surface area contributed by atoms with E-state index in [1.165, 1.54) is 12.8 Å². The average Bonchev–Trinajstić information content (AvgIpc) is 3.05. The van der Waals surface area contributed by atoms with Crippen LogP contribution in [-0.2, 0) is 0 Å². The first kappa shape index (κ1) is 12.6. The summed E-state index contributed by atoms with van der Waals surface area (Å²) in [6.07, 6.45) is 4.53. The fourth-order valence-corrected chi connectivity index (χ4v) is 3.21. The van der Waals surface area contributed by atoms with Crippen LogP contribution in [0.25, 0.3) is 11.0 Å². The van der Waals surface area contributed by atoms with E-state index in [0.717, 1.165) is 29.4 Å². The van der Waals surface area contributed by atoms with E-state index in [0.29, 0.717) is 12.3 Å². The molecule has 1 heterocycles. The summed E-state index contributed by atoms with van der Waals surface area (Å²) in [5.74, 6) is -0.165. The molecule has 1 atom stereocenters. The molecule has 1 aliphatic rings. The number of fused-ring (bicyclic) bond motifs is 1. The van der Waals surface area contributed by atoms with Gasteiger partial charge in [0.25, 0.3) is 0 Å². The largest absolute Gasteiger partial charge is 0.464 e. The number of halogens is 2. The van der Waals surface area contributed by atoms with Crippen molar-refractivity contribution >= 4 is 11.0 Å². The SMILES string of the molecule is FC(F)C(CC1CCCC1)c1ccc2occc2c1. The van der Waals surface area contributed by atoms with Gasteiger partial charge in [0.15, 0.2) is 0 Å². The molecule has 3 heteroatoms. The highest BCUT2D eigenvalue weighted by molar-refractivity contribution is 5.77. The Bertz CT molecular complexity index is 540. The van der Waals surface area contributed by atoms with Crippen LogP contribution >= 0.6 is 0 Å². The fraction of sp³-hybridized carbons (Fsp3) is 0.500. The van der Waals surface area contributed by atoms with Crippen molar-refractivity contribution in [3.05, 3.63) is 36.1 Å². The minimum atomic E-state index is -2.29. The van der Waals surface area contributed by atoms with Gasteiger partial charge in [-0.05, 0) is 36.1 Å². The molecule has 1 aromatic heterocycles. The number of benzene rings is 1. The Labute approximate surface area is 111 Å². The van der Waals surface area contributed by atoms with Crippen LogP contribution < -0.4 is 0 Å². The molecule has 1 nitrogen and oxygen atoms in total. The van der Waals surface area contributed by atoms with Gasteiger partial charge in [0, 0.05) is 11.3 Å². The predicted molar refractivity (Wildman–Crippen MR) is 71.5 cm³/mol. The van der Waals surface area contributed by atoms with Crippen molar-refractivity contribution < 1.29 is 13.2 Å². The van der Waals surface area contributed by atoms with E-state index in [9.17, 15) is 8.78 Å². The minimum Gasteiger partial charge on any atom is -0.464 e.